The van der Waals surface area contributed by atoms with Gasteiger partial charge in [-0.05, 0) is 12.1 Å². The van der Waals surface area contributed by atoms with Crippen LogP contribution in [0.4, 0.5) is 5.69 Å². The molecule has 0 aliphatic rings. The van der Waals surface area contributed by atoms with Crippen molar-refractivity contribution in [1.29, 1.82) is 0 Å². The summed E-state index contributed by atoms with van der Waals surface area (Å²) in [4.78, 5) is 13.2. The Labute approximate surface area is 75.8 Å². The Bertz CT molecular complexity index is 351. The third kappa shape index (κ3) is 2.03. The van der Waals surface area contributed by atoms with Gasteiger partial charge in [0.25, 0.3) is 5.69 Å². The predicted molar refractivity (Wildman–Crippen MR) is 48.1 cm³/mol. The van der Waals surface area contributed by atoms with Gasteiger partial charge in [-0.25, -0.2) is 6.57 Å². The minimum atomic E-state index is -0.452. The maximum atomic E-state index is 10.3. The van der Waals surface area contributed by atoms with Crippen LogP contribution in [0.25, 0.3) is 4.85 Å². The fourth-order valence-corrected chi connectivity index (χ4v) is 0.949. The van der Waals surface area contributed by atoms with Gasteiger partial charge in [0.1, 0.15) is 0 Å². The lowest BCUT2D eigenvalue weighted by atomic mass is 10.1. The fourth-order valence-electron chi connectivity index (χ4n) is 0.949. The van der Waals surface area contributed by atoms with Crippen molar-refractivity contribution in [2.75, 3.05) is 0 Å². The molecule has 0 heterocycles. The van der Waals surface area contributed by atoms with E-state index in [2.05, 4.69) is 4.85 Å². The highest BCUT2D eigenvalue weighted by molar-refractivity contribution is 5.34. The Morgan fingerprint density at radius 2 is 2.00 bits per heavy atom. The van der Waals surface area contributed by atoms with Crippen LogP contribution in [0.15, 0.2) is 24.3 Å². The molecule has 0 radical (unpaired) electrons. The zero-order valence-corrected chi connectivity index (χ0v) is 7.10. The number of nitro benzene ring substituents is 1. The second-order valence-corrected chi connectivity index (χ2v) is 2.65. The number of hydrogen-bond donors (Lipinski definition) is 0. The summed E-state index contributed by atoms with van der Waals surface area (Å²) < 4.78 is 0. The van der Waals surface area contributed by atoms with Crippen LogP contribution in [-0.2, 0) is 0 Å². The standard InChI is InChI=1S/C9H8N2O2/c1-7(10-2)8-3-5-9(6-4-8)11(12)13/h3-7H,1H3. The lowest BCUT2D eigenvalue weighted by Crippen LogP contribution is -1.90. The van der Waals surface area contributed by atoms with Crippen molar-refractivity contribution in [2.24, 2.45) is 0 Å². The van der Waals surface area contributed by atoms with E-state index in [0.717, 1.165) is 5.56 Å². The molecule has 1 atom stereocenters. The molecule has 0 N–H and O–H groups in total. The molecular weight excluding hydrogens is 168 g/mol. The smallest absolute Gasteiger partial charge is 0.269 e. The number of benzene rings is 1. The van der Waals surface area contributed by atoms with Gasteiger partial charge in [0.15, 0.2) is 0 Å². The summed E-state index contributed by atoms with van der Waals surface area (Å²) in [5.74, 6) is 0. The van der Waals surface area contributed by atoms with Gasteiger partial charge in [-0.3, -0.25) is 10.1 Å². The van der Waals surface area contributed by atoms with Crippen molar-refractivity contribution < 1.29 is 4.92 Å². The number of non-ortho nitro benzene ring substituents is 1. The van der Waals surface area contributed by atoms with Gasteiger partial charge >= 0.3 is 0 Å². The number of hydrogen-bond acceptors (Lipinski definition) is 2. The molecule has 1 aromatic rings. The van der Waals surface area contributed by atoms with Crippen molar-refractivity contribution >= 4 is 5.69 Å². The molecule has 0 spiro atoms. The van der Waals surface area contributed by atoms with Crippen LogP contribution in [0.3, 0.4) is 0 Å². The second-order valence-electron chi connectivity index (χ2n) is 2.65. The van der Waals surface area contributed by atoms with E-state index in [1.54, 1.807) is 19.1 Å². The van der Waals surface area contributed by atoms with E-state index in [0.29, 0.717) is 0 Å². The predicted octanol–water partition coefficient (Wildman–Crippen LogP) is 2.58. The summed E-state index contributed by atoms with van der Waals surface area (Å²) in [6, 6.07) is 5.82. The summed E-state index contributed by atoms with van der Waals surface area (Å²) >= 11 is 0. The van der Waals surface area contributed by atoms with Crippen molar-refractivity contribution in [3.63, 3.8) is 0 Å². The third-order valence-corrected chi connectivity index (χ3v) is 1.78. The van der Waals surface area contributed by atoms with Crippen LogP contribution in [0.5, 0.6) is 0 Å². The molecule has 0 amide bonds. The molecule has 4 heteroatoms. The Balaban J connectivity index is 2.95. The summed E-state index contributed by atoms with van der Waals surface area (Å²) in [5.41, 5.74) is 0.863. The van der Waals surface area contributed by atoms with Gasteiger partial charge in [0.2, 0.25) is 6.04 Å². The first kappa shape index (κ1) is 9.20. The largest absolute Gasteiger partial charge is 0.309 e. The Hall–Kier alpha value is -1.89. The van der Waals surface area contributed by atoms with E-state index in [1.165, 1.54) is 12.1 Å². The van der Waals surface area contributed by atoms with Gasteiger partial charge in [0, 0.05) is 24.6 Å². The van der Waals surface area contributed by atoms with Crippen LogP contribution >= 0.6 is 0 Å². The Kier molecular flexibility index (Phi) is 2.60. The third-order valence-electron chi connectivity index (χ3n) is 1.78. The maximum absolute atomic E-state index is 10.3. The summed E-state index contributed by atoms with van der Waals surface area (Å²) in [6.07, 6.45) is 0. The molecule has 13 heavy (non-hydrogen) atoms. The molecule has 66 valence electrons. The molecule has 1 aromatic carbocycles. The Morgan fingerprint density at radius 1 is 1.46 bits per heavy atom. The zero-order valence-electron chi connectivity index (χ0n) is 7.10. The van der Waals surface area contributed by atoms with Crippen LogP contribution in [0.2, 0.25) is 0 Å². The van der Waals surface area contributed by atoms with E-state index in [4.69, 9.17) is 6.57 Å². The van der Waals surface area contributed by atoms with E-state index >= 15 is 0 Å². The highest BCUT2D eigenvalue weighted by atomic mass is 16.6. The van der Waals surface area contributed by atoms with Gasteiger partial charge in [0.05, 0.1) is 4.92 Å². The first-order chi connectivity index (χ1) is 6.15. The summed E-state index contributed by atoms with van der Waals surface area (Å²) in [6.45, 7) is 8.53. The second kappa shape index (κ2) is 3.68. The number of nitrogens with zero attached hydrogens (tertiary/aromatic N) is 2. The molecule has 0 aromatic heterocycles. The molecular formula is C9H8N2O2. The number of nitro groups is 1. The molecule has 1 rings (SSSR count). The molecule has 1 unspecified atom stereocenters. The molecule has 0 fully saturated rings. The first-order valence-electron chi connectivity index (χ1n) is 3.76. The molecule has 0 saturated heterocycles. The SMILES string of the molecule is [C-]#[N+]C(C)c1ccc([N+](=O)[O-])cc1. The maximum Gasteiger partial charge on any atom is 0.269 e. The minimum Gasteiger partial charge on any atom is -0.309 e. The van der Waals surface area contributed by atoms with E-state index in [1.807, 2.05) is 0 Å². The topological polar surface area (TPSA) is 47.5 Å². The molecule has 0 aliphatic heterocycles. The molecule has 0 aliphatic carbocycles. The van der Waals surface area contributed by atoms with Crippen molar-refractivity contribution in [3.8, 4) is 0 Å². The fraction of sp³-hybridized carbons (Fsp3) is 0.222. The normalized spacial score (nSPS) is 11.7. The van der Waals surface area contributed by atoms with Crippen molar-refractivity contribution in [2.45, 2.75) is 13.0 Å². The quantitative estimate of drug-likeness (QED) is 0.395. The molecule has 4 nitrogen and oxygen atoms in total. The number of rotatable bonds is 2. The zero-order chi connectivity index (χ0) is 9.84. The van der Waals surface area contributed by atoms with Crippen molar-refractivity contribution in [3.05, 3.63) is 51.4 Å². The van der Waals surface area contributed by atoms with E-state index in [-0.39, 0.29) is 11.7 Å². The molecule has 0 bridgehead atoms. The first-order valence-corrected chi connectivity index (χ1v) is 3.76. The lowest BCUT2D eigenvalue weighted by molar-refractivity contribution is -0.384. The summed E-state index contributed by atoms with van der Waals surface area (Å²) in [7, 11) is 0. The monoisotopic (exact) mass is 176 g/mol. The molecule has 0 saturated carbocycles. The average Bonchev–Trinajstić information content (AvgIpc) is 2.17. The van der Waals surface area contributed by atoms with Crippen LogP contribution in [-0.4, -0.2) is 4.92 Å². The van der Waals surface area contributed by atoms with Gasteiger partial charge < -0.3 is 4.85 Å². The van der Waals surface area contributed by atoms with E-state index < -0.39 is 4.92 Å². The van der Waals surface area contributed by atoms with Crippen LogP contribution < -0.4 is 0 Å². The highest BCUT2D eigenvalue weighted by Gasteiger charge is 2.10. The summed E-state index contributed by atoms with van der Waals surface area (Å²) in [5, 5.41) is 10.3. The van der Waals surface area contributed by atoms with Gasteiger partial charge in [-0.2, -0.15) is 0 Å². The Morgan fingerprint density at radius 3 is 2.38 bits per heavy atom. The lowest BCUT2D eigenvalue weighted by Gasteiger charge is -1.97. The van der Waals surface area contributed by atoms with Crippen molar-refractivity contribution in [1.82, 2.24) is 0 Å². The minimum absolute atomic E-state index is 0.0564. The van der Waals surface area contributed by atoms with Gasteiger partial charge in [-0.1, -0.05) is 0 Å². The van der Waals surface area contributed by atoms with Gasteiger partial charge in [-0.15, -0.1) is 0 Å². The highest BCUT2D eigenvalue weighted by Crippen LogP contribution is 2.19. The van der Waals surface area contributed by atoms with E-state index in [9.17, 15) is 10.1 Å². The van der Waals surface area contributed by atoms with Crippen LogP contribution in [0.1, 0.15) is 18.5 Å². The average molecular weight is 176 g/mol. The van der Waals surface area contributed by atoms with Crippen LogP contribution in [0, 0.1) is 16.7 Å².